The van der Waals surface area contributed by atoms with Gasteiger partial charge in [0, 0.05) is 9.32 Å². The Labute approximate surface area is 151 Å². The third kappa shape index (κ3) is 6.29. The smallest absolute Gasteiger partial charge is 0.212 e. The molecule has 0 heterocycles. The first-order valence-corrected chi connectivity index (χ1v) is 9.98. The van der Waals surface area contributed by atoms with Gasteiger partial charge >= 0.3 is 0 Å². The molecular weight excluding hydrogens is 403 g/mol. The Bertz CT molecular complexity index is 548. The Morgan fingerprint density at radius 3 is 2.55 bits per heavy atom. The second-order valence-electron chi connectivity index (χ2n) is 5.77. The van der Waals surface area contributed by atoms with Gasteiger partial charge in [0.2, 0.25) is 5.12 Å². The van der Waals surface area contributed by atoms with Crippen molar-refractivity contribution in [2.75, 3.05) is 5.75 Å². The average molecular weight is 426 g/mol. The summed E-state index contributed by atoms with van der Waals surface area (Å²) >= 11 is 3.81. The van der Waals surface area contributed by atoms with Crippen molar-refractivity contribution in [2.45, 2.75) is 44.9 Å². The molecule has 0 aromatic heterocycles. The van der Waals surface area contributed by atoms with Gasteiger partial charge in [-0.15, -0.1) is 0 Å². The molecule has 0 saturated heterocycles. The number of aryl methyl sites for hydroxylation is 1. The molecule has 0 spiro atoms. The van der Waals surface area contributed by atoms with Gasteiger partial charge in [-0.3, -0.25) is 4.79 Å². The van der Waals surface area contributed by atoms with Gasteiger partial charge in [0.05, 0.1) is 0 Å². The van der Waals surface area contributed by atoms with Gasteiger partial charge in [-0.25, -0.2) is 0 Å². The molecule has 22 heavy (non-hydrogen) atoms. The number of carbonyl (C=O) groups is 1. The van der Waals surface area contributed by atoms with Crippen molar-refractivity contribution in [3.63, 3.8) is 0 Å². The molecule has 1 aliphatic carbocycles. The summed E-state index contributed by atoms with van der Waals surface area (Å²) in [6, 6.07) is 8.38. The molecule has 0 unspecified atom stereocenters. The molecule has 0 radical (unpaired) electrons. The molecule has 1 aliphatic rings. The number of benzene rings is 1. The van der Waals surface area contributed by atoms with E-state index in [4.69, 9.17) is 0 Å². The molecule has 0 aliphatic heterocycles. The average Bonchev–Trinajstić information content (AvgIpc) is 2.47. The molecule has 1 fully saturated rings. The summed E-state index contributed by atoms with van der Waals surface area (Å²) in [6.07, 6.45) is 9.49. The van der Waals surface area contributed by atoms with Gasteiger partial charge in [0.25, 0.3) is 0 Å². The number of hydrogen-bond acceptors (Lipinski definition) is 2. The molecular formula is C19H23IOS. The van der Waals surface area contributed by atoms with E-state index < -0.39 is 0 Å². The van der Waals surface area contributed by atoms with Crippen LogP contribution in [0, 0.1) is 3.57 Å². The first-order valence-electron chi connectivity index (χ1n) is 7.91. The lowest BCUT2D eigenvalue weighted by Gasteiger charge is -2.13. The Balaban J connectivity index is 1.78. The summed E-state index contributed by atoms with van der Waals surface area (Å²) < 4.78 is 1.28. The Hall–Kier alpha value is -0.550. The maximum absolute atomic E-state index is 12.1. The lowest BCUT2D eigenvalue weighted by molar-refractivity contribution is -0.107. The minimum Gasteiger partial charge on any atom is -0.282 e. The van der Waals surface area contributed by atoms with Crippen molar-refractivity contribution in [2.24, 2.45) is 0 Å². The predicted molar refractivity (Wildman–Crippen MR) is 105 cm³/mol. The second-order valence-corrected chi connectivity index (χ2v) is 8.03. The molecule has 1 nitrogen and oxygen atoms in total. The van der Waals surface area contributed by atoms with Gasteiger partial charge in [0.15, 0.2) is 0 Å². The third-order valence-electron chi connectivity index (χ3n) is 3.95. The normalized spacial score (nSPS) is 16.0. The third-order valence-corrected chi connectivity index (χ3v) is 5.81. The zero-order valence-electron chi connectivity index (χ0n) is 12.9. The first-order chi connectivity index (χ1) is 10.6. The van der Waals surface area contributed by atoms with E-state index in [2.05, 4.69) is 53.4 Å². The van der Waals surface area contributed by atoms with Crippen LogP contribution in [0.4, 0.5) is 0 Å². The molecule has 118 valence electrons. The molecule has 0 bridgehead atoms. The second kappa shape index (κ2) is 9.56. The van der Waals surface area contributed by atoms with Crippen LogP contribution in [0.5, 0.6) is 0 Å². The van der Waals surface area contributed by atoms with Gasteiger partial charge in [-0.05, 0) is 85.2 Å². The molecule has 0 amide bonds. The van der Waals surface area contributed by atoms with Crippen molar-refractivity contribution < 1.29 is 4.79 Å². The van der Waals surface area contributed by atoms with Crippen LogP contribution >= 0.6 is 34.4 Å². The fraction of sp³-hybridized carbons (Fsp3) is 0.421. The minimum absolute atomic E-state index is 0.223. The van der Waals surface area contributed by atoms with Crippen molar-refractivity contribution in [1.29, 1.82) is 0 Å². The number of allylic oxidation sites excluding steroid dienone is 2. The maximum atomic E-state index is 12.1. The van der Waals surface area contributed by atoms with Crippen LogP contribution in [0.2, 0.25) is 0 Å². The predicted octanol–water partition coefficient (Wildman–Crippen LogP) is 5.93. The largest absolute Gasteiger partial charge is 0.282 e. The van der Waals surface area contributed by atoms with Crippen molar-refractivity contribution in [1.82, 2.24) is 0 Å². The summed E-state index contributed by atoms with van der Waals surface area (Å²) in [5.74, 6) is 0.861. The molecule has 1 aromatic carbocycles. The van der Waals surface area contributed by atoms with Crippen LogP contribution in [0.25, 0.3) is 0 Å². The first kappa shape index (κ1) is 17.8. The highest BCUT2D eigenvalue weighted by Crippen LogP contribution is 2.25. The van der Waals surface area contributed by atoms with E-state index in [0.29, 0.717) is 0 Å². The molecule has 0 atom stereocenters. The number of rotatable bonds is 4. The van der Waals surface area contributed by atoms with Crippen LogP contribution < -0.4 is 0 Å². The van der Waals surface area contributed by atoms with Crippen LogP contribution in [0.3, 0.4) is 0 Å². The molecule has 1 aromatic rings. The van der Waals surface area contributed by atoms with Gasteiger partial charge in [0.1, 0.15) is 0 Å². The van der Waals surface area contributed by atoms with Crippen LogP contribution in [-0.2, 0) is 11.2 Å². The van der Waals surface area contributed by atoms with Gasteiger partial charge < -0.3 is 0 Å². The quantitative estimate of drug-likeness (QED) is 0.337. The standard InChI is InChI=1S/C19H23IOS/c1-15-6-4-8-16(9-5-7-15)14-19(21)22-13-12-17-10-2-3-11-18(17)20/h2-3,10-11,14H,1,4-9,12-13H2. The van der Waals surface area contributed by atoms with E-state index in [9.17, 15) is 4.79 Å². The summed E-state index contributed by atoms with van der Waals surface area (Å²) in [5.41, 5.74) is 4.04. The fourth-order valence-electron chi connectivity index (χ4n) is 2.70. The maximum Gasteiger partial charge on any atom is 0.212 e. The Kier molecular flexibility index (Phi) is 7.73. The Morgan fingerprint density at radius 1 is 1.18 bits per heavy atom. The fourth-order valence-corrected chi connectivity index (χ4v) is 4.13. The van der Waals surface area contributed by atoms with Crippen molar-refractivity contribution in [3.8, 4) is 0 Å². The number of hydrogen-bond donors (Lipinski definition) is 0. The van der Waals surface area contributed by atoms with Crippen LogP contribution in [0.1, 0.15) is 44.1 Å². The minimum atomic E-state index is 0.223. The van der Waals surface area contributed by atoms with E-state index in [1.165, 1.54) is 32.0 Å². The monoisotopic (exact) mass is 426 g/mol. The van der Waals surface area contributed by atoms with E-state index in [-0.39, 0.29) is 5.12 Å². The van der Waals surface area contributed by atoms with E-state index in [1.54, 1.807) is 0 Å². The highest BCUT2D eigenvalue weighted by atomic mass is 127. The highest BCUT2D eigenvalue weighted by Gasteiger charge is 2.08. The summed E-state index contributed by atoms with van der Waals surface area (Å²) in [7, 11) is 0. The topological polar surface area (TPSA) is 17.1 Å². The van der Waals surface area contributed by atoms with E-state index >= 15 is 0 Å². The summed E-state index contributed by atoms with van der Waals surface area (Å²) in [6.45, 7) is 4.09. The number of halogens is 1. The highest BCUT2D eigenvalue weighted by molar-refractivity contribution is 14.1. The lowest BCUT2D eigenvalue weighted by Crippen LogP contribution is -1.99. The molecule has 1 saturated carbocycles. The van der Waals surface area contributed by atoms with E-state index in [0.717, 1.165) is 50.7 Å². The molecule has 3 heteroatoms. The lowest BCUT2D eigenvalue weighted by atomic mass is 9.94. The number of thioether (sulfide) groups is 1. The van der Waals surface area contributed by atoms with Gasteiger partial charge in [-0.1, -0.05) is 47.7 Å². The van der Waals surface area contributed by atoms with Crippen LogP contribution in [0.15, 0.2) is 48.1 Å². The molecule has 2 rings (SSSR count). The number of carbonyl (C=O) groups excluding carboxylic acids is 1. The molecule has 0 N–H and O–H groups in total. The summed E-state index contributed by atoms with van der Waals surface area (Å²) in [4.78, 5) is 12.1. The van der Waals surface area contributed by atoms with E-state index in [1.807, 2.05) is 6.08 Å². The Morgan fingerprint density at radius 2 is 1.86 bits per heavy atom. The summed E-state index contributed by atoms with van der Waals surface area (Å²) in [5, 5.41) is 0.223. The van der Waals surface area contributed by atoms with Crippen molar-refractivity contribution >= 4 is 39.5 Å². The van der Waals surface area contributed by atoms with Gasteiger partial charge in [-0.2, -0.15) is 0 Å². The zero-order valence-corrected chi connectivity index (χ0v) is 15.9. The van der Waals surface area contributed by atoms with Crippen molar-refractivity contribution in [3.05, 3.63) is 57.2 Å². The SMILES string of the molecule is C=C1CCCC(=CC(=O)SCCc2ccccc2I)CCC1. The zero-order chi connectivity index (χ0) is 15.8. The van der Waals surface area contributed by atoms with Crippen LogP contribution in [-0.4, -0.2) is 10.9 Å².